The Bertz CT molecular complexity index is 1220. The average Bonchev–Trinajstić information content (AvgIpc) is 3.04. The van der Waals surface area contributed by atoms with Crippen LogP contribution in [-0.2, 0) is 10.3 Å². The topological polar surface area (TPSA) is 107 Å². The number of alkyl halides is 2. The first kappa shape index (κ1) is 21.2. The number of hydrogen-bond acceptors (Lipinski definition) is 7. The Hall–Kier alpha value is -4.02. The molecule has 0 bridgehead atoms. The van der Waals surface area contributed by atoms with Crippen LogP contribution in [-0.4, -0.2) is 45.9 Å². The number of halogens is 3. The summed E-state index contributed by atoms with van der Waals surface area (Å²) >= 11 is 0. The van der Waals surface area contributed by atoms with E-state index < -0.39 is 29.6 Å². The van der Waals surface area contributed by atoms with Gasteiger partial charge in [0.15, 0.2) is 5.96 Å². The number of ether oxygens (including phenoxy) is 1. The van der Waals surface area contributed by atoms with Crippen LogP contribution in [0.5, 0.6) is 5.75 Å². The maximum absolute atomic E-state index is 13.4. The number of rotatable bonds is 5. The van der Waals surface area contributed by atoms with Crippen LogP contribution in [0.1, 0.15) is 23.4 Å². The highest BCUT2D eigenvalue weighted by Crippen LogP contribution is 2.41. The molecule has 0 aliphatic carbocycles. The molecule has 0 spiro atoms. The lowest BCUT2D eigenvalue weighted by Gasteiger charge is -2.26. The Labute approximate surface area is 180 Å². The SMILES string of the molecule is COc1cc(-c2cnc(F)nc2)cc(C2(c3cccc(C(F)F)n3)N=C(N)N(C)C2=O)c1. The van der Waals surface area contributed by atoms with Crippen molar-refractivity contribution in [2.45, 2.75) is 12.0 Å². The monoisotopic (exact) mass is 442 g/mol. The maximum atomic E-state index is 13.4. The Balaban J connectivity index is 1.99. The Morgan fingerprint density at radius 2 is 1.84 bits per heavy atom. The van der Waals surface area contributed by atoms with Gasteiger partial charge in [0.2, 0.25) is 5.54 Å². The number of aliphatic imine (C=N–C) groups is 1. The van der Waals surface area contributed by atoms with Crippen molar-refractivity contribution in [2.75, 3.05) is 14.2 Å². The van der Waals surface area contributed by atoms with Gasteiger partial charge in [0.1, 0.15) is 11.4 Å². The number of benzene rings is 1. The number of amides is 1. The molecular weight excluding hydrogens is 425 g/mol. The minimum absolute atomic E-state index is 0.0258. The van der Waals surface area contributed by atoms with Crippen LogP contribution in [0.3, 0.4) is 0 Å². The van der Waals surface area contributed by atoms with E-state index in [2.05, 4.69) is 19.9 Å². The zero-order chi connectivity index (χ0) is 23.0. The summed E-state index contributed by atoms with van der Waals surface area (Å²) in [5.41, 5.74) is 4.78. The van der Waals surface area contributed by atoms with Crippen LogP contribution in [0.25, 0.3) is 11.1 Å². The number of aromatic nitrogens is 3. The second-order valence-electron chi connectivity index (χ2n) is 6.98. The van der Waals surface area contributed by atoms with Crippen LogP contribution in [0, 0.1) is 6.08 Å². The predicted octanol–water partition coefficient (Wildman–Crippen LogP) is 2.65. The summed E-state index contributed by atoms with van der Waals surface area (Å²) in [6.07, 6.45) is -1.21. The zero-order valence-corrected chi connectivity index (χ0v) is 17.0. The predicted molar refractivity (Wildman–Crippen MR) is 108 cm³/mol. The molecule has 164 valence electrons. The molecular formula is C21H17F3N6O2. The molecule has 0 radical (unpaired) electrons. The normalized spacial score (nSPS) is 18.2. The Morgan fingerprint density at radius 1 is 1.12 bits per heavy atom. The minimum Gasteiger partial charge on any atom is -0.497 e. The van der Waals surface area contributed by atoms with Gasteiger partial charge >= 0.3 is 6.08 Å². The minimum atomic E-state index is -2.85. The van der Waals surface area contributed by atoms with E-state index >= 15 is 0 Å². The van der Waals surface area contributed by atoms with Crippen molar-refractivity contribution in [3.8, 4) is 16.9 Å². The van der Waals surface area contributed by atoms with Crippen LogP contribution >= 0.6 is 0 Å². The molecule has 2 aromatic heterocycles. The van der Waals surface area contributed by atoms with E-state index in [1.807, 2.05) is 0 Å². The second-order valence-corrected chi connectivity index (χ2v) is 6.98. The third-order valence-electron chi connectivity index (χ3n) is 5.12. The van der Waals surface area contributed by atoms with Crippen molar-refractivity contribution in [2.24, 2.45) is 10.7 Å². The number of methoxy groups -OCH3 is 1. The highest BCUT2D eigenvalue weighted by molar-refractivity contribution is 6.08. The summed E-state index contributed by atoms with van der Waals surface area (Å²) in [7, 11) is 2.85. The number of carbonyl (C=O) groups excluding carboxylic acids is 1. The first-order valence-electron chi connectivity index (χ1n) is 9.33. The lowest BCUT2D eigenvalue weighted by molar-refractivity contribution is -0.129. The van der Waals surface area contributed by atoms with Crippen molar-refractivity contribution in [1.82, 2.24) is 19.9 Å². The summed E-state index contributed by atoms with van der Waals surface area (Å²) in [5.74, 6) is -0.348. The maximum Gasteiger partial charge on any atom is 0.308 e. The fraction of sp³-hybridized carbons (Fsp3) is 0.190. The van der Waals surface area contributed by atoms with Gasteiger partial charge < -0.3 is 10.5 Å². The molecule has 3 aromatic rings. The van der Waals surface area contributed by atoms with Crippen molar-refractivity contribution >= 4 is 11.9 Å². The molecule has 3 heterocycles. The zero-order valence-electron chi connectivity index (χ0n) is 17.0. The van der Waals surface area contributed by atoms with Crippen LogP contribution in [0.4, 0.5) is 13.2 Å². The van der Waals surface area contributed by atoms with Gasteiger partial charge in [0.05, 0.1) is 12.8 Å². The highest BCUT2D eigenvalue weighted by atomic mass is 19.3. The van der Waals surface area contributed by atoms with E-state index in [1.54, 1.807) is 18.2 Å². The molecule has 1 aliphatic rings. The number of likely N-dealkylation sites (N-methyl/N-ethyl adjacent to an activating group) is 1. The lowest BCUT2D eigenvalue weighted by Crippen LogP contribution is -2.41. The summed E-state index contributed by atoms with van der Waals surface area (Å²) < 4.78 is 45.3. The van der Waals surface area contributed by atoms with E-state index in [0.29, 0.717) is 16.9 Å². The lowest BCUT2D eigenvalue weighted by atomic mass is 9.84. The fourth-order valence-electron chi connectivity index (χ4n) is 3.47. The third kappa shape index (κ3) is 3.41. The quantitative estimate of drug-likeness (QED) is 0.609. The molecule has 0 saturated heterocycles. The van der Waals surface area contributed by atoms with Gasteiger partial charge in [-0.15, -0.1) is 0 Å². The number of carbonyl (C=O) groups is 1. The third-order valence-corrected chi connectivity index (χ3v) is 5.12. The first-order valence-corrected chi connectivity index (χ1v) is 9.33. The van der Waals surface area contributed by atoms with Crippen LogP contribution in [0.15, 0.2) is 53.8 Å². The van der Waals surface area contributed by atoms with Crippen molar-refractivity contribution in [3.63, 3.8) is 0 Å². The molecule has 4 rings (SSSR count). The number of nitrogens with zero attached hydrogens (tertiary/aromatic N) is 5. The largest absolute Gasteiger partial charge is 0.497 e. The van der Waals surface area contributed by atoms with Crippen molar-refractivity contribution < 1.29 is 22.7 Å². The van der Waals surface area contributed by atoms with Crippen LogP contribution < -0.4 is 10.5 Å². The van der Waals surface area contributed by atoms with E-state index in [4.69, 9.17) is 10.5 Å². The van der Waals surface area contributed by atoms with E-state index in [1.165, 1.54) is 38.7 Å². The van der Waals surface area contributed by atoms with Crippen molar-refractivity contribution in [3.05, 3.63) is 71.8 Å². The van der Waals surface area contributed by atoms with Gasteiger partial charge in [-0.05, 0) is 41.5 Å². The average molecular weight is 442 g/mol. The smallest absolute Gasteiger partial charge is 0.308 e. The highest BCUT2D eigenvalue weighted by Gasteiger charge is 2.51. The van der Waals surface area contributed by atoms with Gasteiger partial charge in [-0.2, -0.15) is 4.39 Å². The molecule has 0 saturated carbocycles. The second kappa shape index (κ2) is 7.91. The number of pyridine rings is 1. The number of hydrogen-bond donors (Lipinski definition) is 1. The summed E-state index contributed by atoms with van der Waals surface area (Å²) in [5, 5.41) is 0. The Morgan fingerprint density at radius 3 is 2.44 bits per heavy atom. The van der Waals surface area contributed by atoms with Gasteiger partial charge in [-0.1, -0.05) is 6.07 Å². The standard InChI is InChI=1S/C21H17F3N6O2/c1-30-18(31)21(29-20(30)25,16-5-3-4-15(28-16)17(22)23)13-6-11(7-14(8-13)32-2)12-9-26-19(24)27-10-12/h3-10,17H,1-2H3,(H2,25,29). The molecule has 32 heavy (non-hydrogen) atoms. The summed E-state index contributed by atoms with van der Waals surface area (Å²) in [6, 6.07) is 8.72. The van der Waals surface area contributed by atoms with Crippen LogP contribution in [0.2, 0.25) is 0 Å². The molecule has 1 amide bonds. The molecule has 1 aromatic carbocycles. The number of guanidine groups is 1. The molecule has 1 atom stereocenters. The first-order chi connectivity index (χ1) is 15.3. The van der Waals surface area contributed by atoms with Gasteiger partial charge in [-0.25, -0.2) is 28.7 Å². The summed E-state index contributed by atoms with van der Waals surface area (Å²) in [4.78, 5) is 30.0. The molecule has 1 aliphatic heterocycles. The van der Waals surface area contributed by atoms with Crippen molar-refractivity contribution in [1.29, 1.82) is 0 Å². The molecule has 8 nitrogen and oxygen atoms in total. The van der Waals surface area contributed by atoms with E-state index in [-0.39, 0.29) is 17.2 Å². The van der Waals surface area contributed by atoms with Gasteiger partial charge in [0, 0.05) is 25.0 Å². The van der Waals surface area contributed by atoms with Gasteiger partial charge in [-0.3, -0.25) is 9.69 Å². The van der Waals surface area contributed by atoms with E-state index in [0.717, 1.165) is 11.0 Å². The molecule has 2 N–H and O–H groups in total. The molecule has 1 unspecified atom stereocenters. The summed E-state index contributed by atoms with van der Waals surface area (Å²) in [6.45, 7) is 0. The number of nitrogens with two attached hydrogens (primary N) is 1. The molecule has 0 fully saturated rings. The van der Waals surface area contributed by atoms with Gasteiger partial charge in [0.25, 0.3) is 12.3 Å². The Kier molecular flexibility index (Phi) is 5.25. The van der Waals surface area contributed by atoms with E-state index in [9.17, 15) is 18.0 Å². The molecule has 11 heteroatoms. The fourth-order valence-corrected chi connectivity index (χ4v) is 3.47.